The van der Waals surface area contributed by atoms with Gasteiger partial charge in [-0.1, -0.05) is 0 Å². The van der Waals surface area contributed by atoms with E-state index in [9.17, 15) is 34.0 Å². The van der Waals surface area contributed by atoms with Crippen LogP contribution in [-0.2, 0) is 21.0 Å². The van der Waals surface area contributed by atoms with Crippen molar-refractivity contribution in [1.82, 2.24) is 0 Å². The lowest BCUT2D eigenvalue weighted by Crippen LogP contribution is -2.34. The number of ether oxygens (including phenoxy) is 1. The van der Waals surface area contributed by atoms with Gasteiger partial charge in [-0.05, 0) is 12.1 Å². The number of hydrogen-bond acceptors (Lipinski definition) is 9. The second kappa shape index (κ2) is 6.12. The van der Waals surface area contributed by atoms with Crippen LogP contribution in [-0.4, -0.2) is 44.6 Å². The molecule has 0 aliphatic carbocycles. The molecule has 0 amide bonds. The molecule has 140 valence electrons. The summed E-state index contributed by atoms with van der Waals surface area (Å²) in [5, 5.41) is 48.3. The Labute approximate surface area is 147 Å². The lowest BCUT2D eigenvalue weighted by Gasteiger charge is -2.33. The van der Waals surface area contributed by atoms with Crippen molar-refractivity contribution in [2.24, 2.45) is 0 Å². The maximum atomic E-state index is 11.2. The van der Waals surface area contributed by atoms with Crippen molar-refractivity contribution in [3.63, 3.8) is 0 Å². The summed E-state index contributed by atoms with van der Waals surface area (Å²) in [6, 6.07) is 4.21. The first-order valence-electron chi connectivity index (χ1n) is 7.17. The number of fused-ring (bicyclic) bond motifs is 1. The van der Waals surface area contributed by atoms with Gasteiger partial charge in [0.25, 0.3) is 0 Å². The van der Waals surface area contributed by atoms with Gasteiger partial charge in [-0.3, -0.25) is 4.55 Å². The van der Waals surface area contributed by atoms with Crippen molar-refractivity contribution in [3.8, 4) is 34.5 Å². The van der Waals surface area contributed by atoms with Crippen LogP contribution in [0.5, 0.6) is 34.5 Å². The Morgan fingerprint density at radius 1 is 0.962 bits per heavy atom. The predicted octanol–water partition coefficient (Wildman–Crippen LogP) is 1.08. The van der Waals surface area contributed by atoms with Gasteiger partial charge >= 0.3 is 10.4 Å². The molecule has 1 heterocycles. The maximum Gasteiger partial charge on any atom is 0.397 e. The van der Waals surface area contributed by atoms with Crippen LogP contribution in [0.2, 0.25) is 0 Å². The van der Waals surface area contributed by atoms with E-state index in [2.05, 4.69) is 4.18 Å². The molecule has 0 unspecified atom stereocenters. The fraction of sp³-hybridized carbons (Fsp3) is 0.200. The molecule has 10 nitrogen and oxygen atoms in total. The summed E-state index contributed by atoms with van der Waals surface area (Å²) < 4.78 is 41.5. The van der Waals surface area contributed by atoms with Gasteiger partial charge in [0.15, 0.2) is 23.4 Å². The number of benzene rings is 2. The summed E-state index contributed by atoms with van der Waals surface area (Å²) in [5.74, 6) is -2.86. The van der Waals surface area contributed by atoms with Crippen molar-refractivity contribution in [1.29, 1.82) is 0 Å². The zero-order valence-corrected chi connectivity index (χ0v) is 13.7. The van der Waals surface area contributed by atoms with Crippen molar-refractivity contribution in [3.05, 3.63) is 35.4 Å². The van der Waals surface area contributed by atoms with Crippen LogP contribution in [0.1, 0.15) is 17.2 Å². The highest BCUT2D eigenvalue weighted by molar-refractivity contribution is 7.80. The zero-order valence-electron chi connectivity index (χ0n) is 12.9. The largest absolute Gasteiger partial charge is 0.508 e. The Bertz CT molecular complexity index is 946. The molecule has 0 spiro atoms. The molecule has 1 aliphatic heterocycles. The number of phenolic OH excluding ortho intramolecular Hbond substituents is 5. The normalized spacial score (nSPS) is 19.6. The van der Waals surface area contributed by atoms with E-state index in [0.717, 1.165) is 18.2 Å². The number of rotatable bonds is 3. The minimum Gasteiger partial charge on any atom is -0.508 e. The second-order valence-electron chi connectivity index (χ2n) is 5.65. The summed E-state index contributed by atoms with van der Waals surface area (Å²) in [4.78, 5) is 0. The third-order valence-electron chi connectivity index (χ3n) is 3.83. The van der Waals surface area contributed by atoms with Crippen molar-refractivity contribution < 1.29 is 47.4 Å². The van der Waals surface area contributed by atoms with Crippen LogP contribution in [0, 0.1) is 0 Å². The molecule has 0 bridgehead atoms. The van der Waals surface area contributed by atoms with E-state index in [4.69, 9.17) is 9.29 Å². The Hall–Kier alpha value is -2.89. The molecule has 6 N–H and O–H groups in total. The molecule has 0 saturated carbocycles. The molecule has 0 aromatic heterocycles. The van der Waals surface area contributed by atoms with Gasteiger partial charge in [0.05, 0.1) is 0 Å². The summed E-state index contributed by atoms with van der Waals surface area (Å²) in [5.41, 5.74) is 0.139. The van der Waals surface area contributed by atoms with Crippen LogP contribution in [0.4, 0.5) is 0 Å². The van der Waals surface area contributed by atoms with E-state index in [1.165, 1.54) is 6.07 Å². The van der Waals surface area contributed by atoms with Crippen LogP contribution >= 0.6 is 0 Å². The minimum absolute atomic E-state index is 0.00902. The van der Waals surface area contributed by atoms with Crippen molar-refractivity contribution in [2.45, 2.75) is 18.6 Å². The molecule has 3 rings (SSSR count). The Morgan fingerprint density at radius 3 is 2.15 bits per heavy atom. The first-order valence-corrected chi connectivity index (χ1v) is 8.53. The third-order valence-corrected chi connectivity index (χ3v) is 4.32. The third kappa shape index (κ3) is 3.40. The SMILES string of the molecule is O=S(=O)(O)O[C@@H]1Cc2c(O)cc(O)cc2O[C@@H]1c1cc(O)c(O)c(O)c1. The summed E-state index contributed by atoms with van der Waals surface area (Å²) in [6.45, 7) is 0. The van der Waals surface area contributed by atoms with Gasteiger partial charge < -0.3 is 30.3 Å². The van der Waals surface area contributed by atoms with E-state index in [-0.39, 0.29) is 34.8 Å². The average Bonchev–Trinajstić information content (AvgIpc) is 2.50. The molecular weight excluding hydrogens is 372 g/mol. The number of hydrogen-bond donors (Lipinski definition) is 6. The Balaban J connectivity index is 2.11. The van der Waals surface area contributed by atoms with Gasteiger partial charge in [-0.2, -0.15) is 8.42 Å². The van der Waals surface area contributed by atoms with Crippen LogP contribution in [0.15, 0.2) is 24.3 Å². The van der Waals surface area contributed by atoms with Gasteiger partial charge in [0.1, 0.15) is 23.4 Å². The summed E-state index contributed by atoms with van der Waals surface area (Å²) in [7, 11) is -4.90. The topological polar surface area (TPSA) is 174 Å². The minimum atomic E-state index is -4.90. The van der Waals surface area contributed by atoms with Gasteiger partial charge in [-0.25, -0.2) is 4.18 Å². The van der Waals surface area contributed by atoms with Crippen LogP contribution in [0.25, 0.3) is 0 Å². The van der Waals surface area contributed by atoms with E-state index in [0.29, 0.717) is 0 Å². The monoisotopic (exact) mass is 386 g/mol. The number of aromatic hydroxyl groups is 5. The lowest BCUT2D eigenvalue weighted by molar-refractivity contribution is 0.0332. The van der Waals surface area contributed by atoms with Crippen molar-refractivity contribution >= 4 is 10.4 Å². The molecule has 0 saturated heterocycles. The smallest absolute Gasteiger partial charge is 0.397 e. The van der Waals surface area contributed by atoms with E-state index >= 15 is 0 Å². The first kappa shape index (κ1) is 17.9. The molecule has 0 radical (unpaired) electrons. The average molecular weight is 386 g/mol. The molecule has 2 atom stereocenters. The first-order chi connectivity index (χ1) is 12.0. The molecular formula is C15H14O10S. The fourth-order valence-corrected chi connectivity index (χ4v) is 3.24. The lowest BCUT2D eigenvalue weighted by atomic mass is 9.93. The van der Waals surface area contributed by atoms with Crippen molar-refractivity contribution in [2.75, 3.05) is 0 Å². The molecule has 2 aromatic carbocycles. The standard InChI is InChI=1S/C15H14O10S/c16-7-3-9(17)8-5-13(25-26(21,22)23)15(24-12(8)4-7)6-1-10(18)14(20)11(19)2-6/h1-4,13,15-20H,5H2,(H,21,22,23)/t13-,15-/m1/s1. The van der Waals surface area contributed by atoms with Gasteiger partial charge in [-0.15, -0.1) is 0 Å². The highest BCUT2D eigenvalue weighted by Gasteiger charge is 2.37. The van der Waals surface area contributed by atoms with Crippen LogP contribution in [0.3, 0.4) is 0 Å². The molecule has 1 aliphatic rings. The fourth-order valence-electron chi connectivity index (χ4n) is 2.76. The van der Waals surface area contributed by atoms with Gasteiger partial charge in [0, 0.05) is 29.7 Å². The highest BCUT2D eigenvalue weighted by Crippen LogP contribution is 2.45. The predicted molar refractivity (Wildman–Crippen MR) is 84.7 cm³/mol. The van der Waals surface area contributed by atoms with E-state index in [1.54, 1.807) is 0 Å². The molecule has 0 fully saturated rings. The quantitative estimate of drug-likeness (QED) is 0.331. The zero-order chi connectivity index (χ0) is 19.2. The van der Waals surface area contributed by atoms with E-state index < -0.39 is 39.9 Å². The molecule has 26 heavy (non-hydrogen) atoms. The second-order valence-corrected chi connectivity index (χ2v) is 6.70. The summed E-state index contributed by atoms with van der Waals surface area (Å²) in [6.07, 6.45) is -2.90. The van der Waals surface area contributed by atoms with Crippen LogP contribution < -0.4 is 4.74 Å². The summed E-state index contributed by atoms with van der Waals surface area (Å²) >= 11 is 0. The molecule has 2 aromatic rings. The maximum absolute atomic E-state index is 11.2. The van der Waals surface area contributed by atoms with Gasteiger partial charge in [0.2, 0.25) is 0 Å². The van der Waals surface area contributed by atoms with E-state index in [1.807, 2.05) is 0 Å². The number of phenols is 5. The Morgan fingerprint density at radius 2 is 1.58 bits per heavy atom. The molecule has 11 heteroatoms. The highest BCUT2D eigenvalue weighted by atomic mass is 32.3. The Kier molecular flexibility index (Phi) is 4.22.